The molecule has 2 rings (SSSR count). The Morgan fingerprint density at radius 1 is 1.11 bits per heavy atom. The maximum absolute atomic E-state index is 12.1. The van der Waals surface area contributed by atoms with Crippen molar-refractivity contribution in [2.24, 2.45) is 0 Å². The predicted molar refractivity (Wildman–Crippen MR) is 104 cm³/mol. The van der Waals surface area contributed by atoms with Gasteiger partial charge in [0.05, 0.1) is 30.8 Å². The summed E-state index contributed by atoms with van der Waals surface area (Å²) in [5.41, 5.74) is 0.383. The summed E-state index contributed by atoms with van der Waals surface area (Å²) in [5.74, 6) is 0.0300. The van der Waals surface area contributed by atoms with E-state index in [1.165, 1.54) is 20.1 Å². The van der Waals surface area contributed by atoms with Gasteiger partial charge >= 0.3 is 5.97 Å². The van der Waals surface area contributed by atoms with Crippen LogP contribution in [0.2, 0.25) is 10.0 Å². The first-order chi connectivity index (χ1) is 12.9. The summed E-state index contributed by atoms with van der Waals surface area (Å²) in [4.78, 5) is 24.0. The van der Waals surface area contributed by atoms with E-state index in [-0.39, 0.29) is 13.0 Å². The summed E-state index contributed by atoms with van der Waals surface area (Å²) in [5, 5.41) is 3.33. The lowest BCUT2D eigenvalue weighted by Gasteiger charge is -2.15. The molecule has 6 nitrogen and oxygen atoms in total. The zero-order valence-electron chi connectivity index (χ0n) is 14.8. The molecule has 2 aromatic rings. The number of methoxy groups -OCH3 is 1. The molecule has 0 aliphatic carbocycles. The summed E-state index contributed by atoms with van der Waals surface area (Å²) in [6, 6.07) is 11.8. The molecule has 144 valence electrons. The van der Waals surface area contributed by atoms with E-state index in [1.54, 1.807) is 30.3 Å². The number of carbonyl (C=O) groups excluding carboxylic acids is 2. The number of nitrogens with one attached hydrogen (secondary N) is 1. The SMILES string of the molecule is COc1ccccc1OCCC(=O)OC(C)C(=O)Nc1ccc(Cl)cc1Cl. The van der Waals surface area contributed by atoms with Gasteiger partial charge in [0.25, 0.3) is 5.91 Å². The fourth-order valence-electron chi connectivity index (χ4n) is 2.12. The lowest BCUT2D eigenvalue weighted by molar-refractivity contribution is -0.153. The van der Waals surface area contributed by atoms with E-state index >= 15 is 0 Å². The summed E-state index contributed by atoms with van der Waals surface area (Å²) in [7, 11) is 1.53. The lowest BCUT2D eigenvalue weighted by atomic mass is 10.3. The van der Waals surface area contributed by atoms with Crippen molar-refractivity contribution in [3.05, 3.63) is 52.5 Å². The Balaban J connectivity index is 1.79. The van der Waals surface area contributed by atoms with E-state index in [9.17, 15) is 9.59 Å². The normalized spacial score (nSPS) is 11.4. The zero-order valence-corrected chi connectivity index (χ0v) is 16.3. The van der Waals surface area contributed by atoms with Crippen molar-refractivity contribution < 1.29 is 23.8 Å². The minimum Gasteiger partial charge on any atom is -0.493 e. The molecule has 0 saturated carbocycles. The van der Waals surface area contributed by atoms with Crippen LogP contribution in [0.1, 0.15) is 13.3 Å². The summed E-state index contributed by atoms with van der Waals surface area (Å²) < 4.78 is 15.8. The van der Waals surface area contributed by atoms with Gasteiger partial charge in [0.1, 0.15) is 0 Å². The Bertz CT molecular complexity index is 812. The highest BCUT2D eigenvalue weighted by molar-refractivity contribution is 6.36. The molecule has 0 aliphatic heterocycles. The molecule has 0 fully saturated rings. The number of hydrogen-bond acceptors (Lipinski definition) is 5. The number of halogens is 2. The molecule has 1 amide bonds. The molecular formula is C19H19Cl2NO5. The van der Waals surface area contributed by atoms with Crippen molar-refractivity contribution in [3.63, 3.8) is 0 Å². The molecule has 1 atom stereocenters. The average molecular weight is 412 g/mol. The molecule has 0 radical (unpaired) electrons. The predicted octanol–water partition coefficient (Wildman–Crippen LogP) is 4.34. The van der Waals surface area contributed by atoms with Crippen LogP contribution >= 0.6 is 23.2 Å². The third-order valence-corrected chi connectivity index (χ3v) is 4.05. The molecule has 2 aromatic carbocycles. The largest absolute Gasteiger partial charge is 0.493 e. The van der Waals surface area contributed by atoms with E-state index in [0.717, 1.165) is 0 Å². The van der Waals surface area contributed by atoms with E-state index < -0.39 is 18.0 Å². The molecule has 8 heteroatoms. The second-order valence-electron chi connectivity index (χ2n) is 5.49. The average Bonchev–Trinajstić information content (AvgIpc) is 2.64. The number of para-hydroxylation sites is 2. The highest BCUT2D eigenvalue weighted by atomic mass is 35.5. The van der Waals surface area contributed by atoms with Crippen LogP contribution in [0.5, 0.6) is 11.5 Å². The number of hydrogen-bond donors (Lipinski definition) is 1. The van der Waals surface area contributed by atoms with E-state index in [0.29, 0.717) is 27.2 Å². The third kappa shape index (κ3) is 6.34. The van der Waals surface area contributed by atoms with Gasteiger partial charge < -0.3 is 19.5 Å². The quantitative estimate of drug-likeness (QED) is 0.653. The first-order valence-electron chi connectivity index (χ1n) is 8.12. The summed E-state index contributed by atoms with van der Waals surface area (Å²) >= 11 is 11.8. The number of rotatable bonds is 8. The van der Waals surface area contributed by atoms with Crippen LogP contribution in [0.25, 0.3) is 0 Å². The fraction of sp³-hybridized carbons (Fsp3) is 0.263. The summed E-state index contributed by atoms with van der Waals surface area (Å²) in [6.45, 7) is 1.56. The Morgan fingerprint density at radius 2 is 1.81 bits per heavy atom. The van der Waals surface area contributed by atoms with Gasteiger partial charge in [0.15, 0.2) is 17.6 Å². The van der Waals surface area contributed by atoms with E-state index in [1.807, 2.05) is 6.07 Å². The van der Waals surface area contributed by atoms with Gasteiger partial charge in [-0.25, -0.2) is 0 Å². The fourth-order valence-corrected chi connectivity index (χ4v) is 2.57. The third-order valence-electron chi connectivity index (χ3n) is 3.50. The summed E-state index contributed by atoms with van der Waals surface area (Å²) in [6.07, 6.45) is -1.01. The first kappa shape index (κ1) is 20.9. The van der Waals surface area contributed by atoms with Crippen LogP contribution < -0.4 is 14.8 Å². The molecule has 0 aromatic heterocycles. The maximum Gasteiger partial charge on any atom is 0.310 e. The molecule has 0 spiro atoms. The molecule has 0 heterocycles. The van der Waals surface area contributed by atoms with Gasteiger partial charge in [-0.15, -0.1) is 0 Å². The van der Waals surface area contributed by atoms with Crippen molar-refractivity contribution >= 4 is 40.8 Å². The Kier molecular flexibility index (Phi) is 7.76. The number of amides is 1. The number of benzene rings is 2. The lowest BCUT2D eigenvalue weighted by Crippen LogP contribution is -2.30. The standard InChI is InChI=1S/C19H19Cl2NO5/c1-12(19(24)22-15-8-7-13(20)11-14(15)21)27-18(23)9-10-26-17-6-4-3-5-16(17)25-2/h3-8,11-12H,9-10H2,1-2H3,(H,22,24). The molecule has 1 unspecified atom stereocenters. The monoisotopic (exact) mass is 411 g/mol. The van der Waals surface area contributed by atoms with Crippen LogP contribution in [0, 0.1) is 0 Å². The molecular weight excluding hydrogens is 393 g/mol. The first-order valence-corrected chi connectivity index (χ1v) is 8.87. The number of carbonyl (C=O) groups is 2. The molecule has 0 aliphatic rings. The minimum absolute atomic E-state index is 0.0165. The highest BCUT2D eigenvalue weighted by Crippen LogP contribution is 2.26. The van der Waals surface area contributed by atoms with Crippen LogP contribution in [-0.4, -0.2) is 31.7 Å². The van der Waals surface area contributed by atoms with Gasteiger partial charge in [-0.05, 0) is 37.3 Å². The van der Waals surface area contributed by atoms with E-state index in [2.05, 4.69) is 5.32 Å². The second-order valence-corrected chi connectivity index (χ2v) is 6.34. The van der Waals surface area contributed by atoms with Gasteiger partial charge in [0.2, 0.25) is 0 Å². The van der Waals surface area contributed by atoms with Crippen molar-refractivity contribution in [1.82, 2.24) is 0 Å². The number of esters is 1. The van der Waals surface area contributed by atoms with Crippen LogP contribution in [0.4, 0.5) is 5.69 Å². The van der Waals surface area contributed by atoms with Crippen LogP contribution in [0.3, 0.4) is 0 Å². The smallest absolute Gasteiger partial charge is 0.310 e. The number of anilines is 1. The minimum atomic E-state index is -0.990. The highest BCUT2D eigenvalue weighted by Gasteiger charge is 2.19. The van der Waals surface area contributed by atoms with Gasteiger partial charge in [-0.2, -0.15) is 0 Å². The molecule has 1 N–H and O–H groups in total. The van der Waals surface area contributed by atoms with Crippen molar-refractivity contribution in [3.8, 4) is 11.5 Å². The number of ether oxygens (including phenoxy) is 3. The van der Waals surface area contributed by atoms with Crippen molar-refractivity contribution in [2.75, 3.05) is 19.0 Å². The van der Waals surface area contributed by atoms with Crippen molar-refractivity contribution in [2.45, 2.75) is 19.4 Å². The Morgan fingerprint density at radius 3 is 2.48 bits per heavy atom. The van der Waals surface area contributed by atoms with Gasteiger partial charge in [-0.3, -0.25) is 9.59 Å². The second kappa shape index (κ2) is 10.0. The van der Waals surface area contributed by atoms with Crippen LogP contribution in [-0.2, 0) is 14.3 Å². The molecule has 27 heavy (non-hydrogen) atoms. The maximum atomic E-state index is 12.1. The van der Waals surface area contributed by atoms with Gasteiger partial charge in [-0.1, -0.05) is 35.3 Å². The van der Waals surface area contributed by atoms with Crippen molar-refractivity contribution in [1.29, 1.82) is 0 Å². The molecule has 0 bridgehead atoms. The molecule has 0 saturated heterocycles. The van der Waals surface area contributed by atoms with Crippen LogP contribution in [0.15, 0.2) is 42.5 Å². The Labute approximate surface area is 167 Å². The zero-order chi connectivity index (χ0) is 19.8. The van der Waals surface area contributed by atoms with E-state index in [4.69, 9.17) is 37.4 Å². The van der Waals surface area contributed by atoms with Gasteiger partial charge in [0, 0.05) is 5.02 Å². The Hall–Kier alpha value is -2.44. The topological polar surface area (TPSA) is 73.9 Å².